The average Bonchev–Trinajstić information content (AvgIpc) is 2.74. The molecule has 23 heavy (non-hydrogen) atoms. The highest BCUT2D eigenvalue weighted by molar-refractivity contribution is 6.05. The Morgan fingerprint density at radius 3 is 2.35 bits per heavy atom. The molecule has 0 aliphatic heterocycles. The molecule has 0 aromatic heterocycles. The molecule has 0 unspecified atom stereocenters. The fraction of sp³-hybridized carbons (Fsp3) is 0.0588. The highest BCUT2D eigenvalue weighted by Gasteiger charge is 2.10. The highest BCUT2D eigenvalue weighted by atomic mass is 16.5. The molecule has 0 atom stereocenters. The second-order valence-corrected chi connectivity index (χ2v) is 4.72. The lowest BCUT2D eigenvalue weighted by Crippen LogP contribution is -2.29. The van der Waals surface area contributed by atoms with Crippen LogP contribution in [0.4, 0.5) is 4.79 Å². The number of nitrogens with one attached hydrogen (secondary N) is 2. The van der Waals surface area contributed by atoms with Gasteiger partial charge in [0.1, 0.15) is 0 Å². The third kappa shape index (κ3) is 3.75. The van der Waals surface area contributed by atoms with Gasteiger partial charge in [0, 0.05) is 7.05 Å². The SMILES string of the molecule is CNC(=O)NO.O=C(O)c1ccc2cc3cccccc-3c2c1. The van der Waals surface area contributed by atoms with Gasteiger partial charge in [-0.05, 0) is 40.1 Å². The van der Waals surface area contributed by atoms with E-state index in [4.69, 9.17) is 10.3 Å². The molecule has 118 valence electrons. The first kappa shape index (κ1) is 16.3. The van der Waals surface area contributed by atoms with Gasteiger partial charge in [0.2, 0.25) is 0 Å². The zero-order valence-corrected chi connectivity index (χ0v) is 12.4. The van der Waals surface area contributed by atoms with Crippen molar-refractivity contribution in [3.8, 4) is 11.1 Å². The maximum absolute atomic E-state index is 11.0. The van der Waals surface area contributed by atoms with E-state index in [9.17, 15) is 9.59 Å². The zero-order chi connectivity index (χ0) is 16.8. The number of urea groups is 1. The summed E-state index contributed by atoms with van der Waals surface area (Å²) in [6, 6.07) is 16.7. The number of carboxylic acid groups (broad SMARTS) is 1. The van der Waals surface area contributed by atoms with Gasteiger partial charge in [-0.25, -0.2) is 15.1 Å². The number of carboxylic acids is 1. The first-order valence-electron chi connectivity index (χ1n) is 6.83. The lowest BCUT2D eigenvalue weighted by Gasteiger charge is -1.96. The summed E-state index contributed by atoms with van der Waals surface area (Å²) in [6.45, 7) is 0. The summed E-state index contributed by atoms with van der Waals surface area (Å²) in [5, 5.41) is 20.9. The van der Waals surface area contributed by atoms with Crippen LogP contribution in [0.3, 0.4) is 0 Å². The summed E-state index contributed by atoms with van der Waals surface area (Å²) in [7, 11) is 1.41. The summed E-state index contributed by atoms with van der Waals surface area (Å²) in [5.74, 6) is -0.887. The molecule has 0 fully saturated rings. The van der Waals surface area contributed by atoms with Crippen LogP contribution in [0, 0.1) is 0 Å². The van der Waals surface area contributed by atoms with Gasteiger partial charge in [-0.15, -0.1) is 0 Å². The lowest BCUT2D eigenvalue weighted by atomic mass is 10.1. The van der Waals surface area contributed by atoms with Crippen LogP contribution in [0.25, 0.3) is 21.9 Å². The van der Waals surface area contributed by atoms with Gasteiger partial charge >= 0.3 is 12.0 Å². The van der Waals surface area contributed by atoms with Crippen molar-refractivity contribution in [1.29, 1.82) is 0 Å². The van der Waals surface area contributed by atoms with Crippen molar-refractivity contribution in [1.82, 2.24) is 10.8 Å². The van der Waals surface area contributed by atoms with Crippen LogP contribution in [0.15, 0.2) is 54.6 Å². The van der Waals surface area contributed by atoms with E-state index in [1.165, 1.54) is 12.5 Å². The Morgan fingerprint density at radius 2 is 1.74 bits per heavy atom. The fourth-order valence-corrected chi connectivity index (χ4v) is 2.20. The molecule has 0 spiro atoms. The minimum absolute atomic E-state index is 0.330. The Balaban J connectivity index is 0.000000277. The maximum atomic E-state index is 11.0. The Bertz CT molecular complexity index is 811. The van der Waals surface area contributed by atoms with Crippen molar-refractivity contribution >= 4 is 22.8 Å². The number of benzene rings is 1. The van der Waals surface area contributed by atoms with Gasteiger partial charge in [-0.3, -0.25) is 5.21 Å². The van der Waals surface area contributed by atoms with Crippen molar-refractivity contribution < 1.29 is 19.9 Å². The van der Waals surface area contributed by atoms with Crippen molar-refractivity contribution in [3.63, 3.8) is 0 Å². The Morgan fingerprint density at radius 1 is 1.00 bits per heavy atom. The summed E-state index contributed by atoms with van der Waals surface area (Å²) in [6.07, 6.45) is 0. The van der Waals surface area contributed by atoms with E-state index in [0.29, 0.717) is 5.56 Å². The second kappa shape index (κ2) is 7.24. The van der Waals surface area contributed by atoms with Crippen LogP contribution in [-0.2, 0) is 0 Å². The van der Waals surface area contributed by atoms with E-state index >= 15 is 0 Å². The number of hydroxylamine groups is 1. The predicted molar refractivity (Wildman–Crippen MR) is 86.9 cm³/mol. The molecule has 4 N–H and O–H groups in total. The lowest BCUT2D eigenvalue weighted by molar-refractivity contribution is 0.0697. The summed E-state index contributed by atoms with van der Waals surface area (Å²) < 4.78 is 0. The largest absolute Gasteiger partial charge is 0.478 e. The van der Waals surface area contributed by atoms with Crippen LogP contribution in [0.2, 0.25) is 0 Å². The molecule has 2 aliphatic rings. The number of amides is 2. The number of hydrogen-bond acceptors (Lipinski definition) is 3. The number of rotatable bonds is 1. The number of fused-ring (bicyclic) bond motifs is 3. The van der Waals surface area contributed by atoms with Crippen LogP contribution >= 0.6 is 0 Å². The molecule has 2 aliphatic carbocycles. The van der Waals surface area contributed by atoms with Crippen molar-refractivity contribution in [3.05, 3.63) is 60.2 Å². The van der Waals surface area contributed by atoms with Gasteiger partial charge in [0.05, 0.1) is 5.56 Å². The Labute approximate surface area is 132 Å². The molecule has 6 nitrogen and oxygen atoms in total. The van der Waals surface area contributed by atoms with E-state index in [1.807, 2.05) is 36.4 Å². The number of carbonyl (C=O) groups is 2. The van der Waals surface area contributed by atoms with Gasteiger partial charge in [-0.2, -0.15) is 0 Å². The number of aromatic carboxylic acids is 1. The van der Waals surface area contributed by atoms with Gasteiger partial charge < -0.3 is 10.4 Å². The van der Waals surface area contributed by atoms with E-state index in [0.717, 1.165) is 21.9 Å². The summed E-state index contributed by atoms with van der Waals surface area (Å²) in [5.41, 5.74) is 3.92. The highest BCUT2D eigenvalue weighted by Crippen LogP contribution is 2.33. The normalized spacial score (nSPS) is 9.83. The quantitative estimate of drug-likeness (QED) is 0.410. The van der Waals surface area contributed by atoms with Gasteiger partial charge in [0.25, 0.3) is 0 Å². The molecule has 0 bridgehead atoms. The maximum Gasteiger partial charge on any atom is 0.338 e. The van der Waals surface area contributed by atoms with Crippen LogP contribution < -0.4 is 10.8 Å². The first-order chi connectivity index (χ1) is 11.1. The average molecular weight is 312 g/mol. The minimum atomic E-state index is -0.887. The van der Waals surface area contributed by atoms with E-state index in [1.54, 1.807) is 12.1 Å². The molecule has 6 heteroatoms. The van der Waals surface area contributed by atoms with Crippen LogP contribution in [0.5, 0.6) is 0 Å². The van der Waals surface area contributed by atoms with Crippen LogP contribution in [0.1, 0.15) is 10.4 Å². The molecule has 0 radical (unpaired) electrons. The van der Waals surface area contributed by atoms with E-state index < -0.39 is 12.0 Å². The third-order valence-corrected chi connectivity index (χ3v) is 3.30. The summed E-state index contributed by atoms with van der Waals surface area (Å²) in [4.78, 5) is 20.7. The molecule has 1 aromatic carbocycles. The van der Waals surface area contributed by atoms with Crippen molar-refractivity contribution in [2.24, 2.45) is 0 Å². The second-order valence-electron chi connectivity index (χ2n) is 4.72. The van der Waals surface area contributed by atoms with E-state index in [2.05, 4.69) is 11.4 Å². The first-order valence-corrected chi connectivity index (χ1v) is 6.83. The number of hydrogen-bond donors (Lipinski definition) is 4. The van der Waals surface area contributed by atoms with Gasteiger partial charge in [0.15, 0.2) is 0 Å². The Hall–Kier alpha value is -3.12. The van der Waals surface area contributed by atoms with Gasteiger partial charge in [-0.1, -0.05) is 36.4 Å². The van der Waals surface area contributed by atoms with E-state index in [-0.39, 0.29) is 0 Å². The third-order valence-electron chi connectivity index (χ3n) is 3.30. The molecular formula is C17H16N2O4. The molecule has 0 heterocycles. The molecule has 3 rings (SSSR count). The standard InChI is InChI=1S/C15H10O2.C2H6N2O2/c16-15(17)12-7-6-11-8-10-4-2-1-3-5-13(10)14(11)9-12;1-3-2(5)4-6/h1-9H,(H,16,17);6H,1H3,(H2,3,4,5). The van der Waals surface area contributed by atoms with Crippen LogP contribution in [-0.4, -0.2) is 29.4 Å². The predicted octanol–water partition coefficient (Wildman–Crippen LogP) is 2.95. The monoisotopic (exact) mass is 312 g/mol. The van der Waals surface area contributed by atoms with Crippen molar-refractivity contribution in [2.45, 2.75) is 0 Å². The smallest absolute Gasteiger partial charge is 0.338 e. The molecular weight excluding hydrogens is 296 g/mol. The molecule has 0 saturated carbocycles. The minimum Gasteiger partial charge on any atom is -0.478 e. The molecule has 1 aromatic rings. The molecule has 0 saturated heterocycles. The zero-order valence-electron chi connectivity index (χ0n) is 12.4. The number of carbonyl (C=O) groups excluding carboxylic acids is 1. The summed E-state index contributed by atoms with van der Waals surface area (Å²) >= 11 is 0. The fourth-order valence-electron chi connectivity index (χ4n) is 2.20. The van der Waals surface area contributed by atoms with Crippen molar-refractivity contribution in [2.75, 3.05) is 7.05 Å². The molecule has 2 amide bonds. The Kier molecular flexibility index (Phi) is 5.11. The topological polar surface area (TPSA) is 98.7 Å².